The molecule has 6 nitrogen and oxygen atoms in total. The minimum absolute atomic E-state index is 0. The highest BCUT2D eigenvalue weighted by atomic mass is 35.5. The summed E-state index contributed by atoms with van der Waals surface area (Å²) in [5, 5.41) is 6.45. The second kappa shape index (κ2) is 9.24. The van der Waals surface area contributed by atoms with Crippen LogP contribution in [0.5, 0.6) is 5.75 Å². The number of nitrogens with zero attached hydrogens (tertiary/aromatic N) is 1. The van der Waals surface area contributed by atoms with Gasteiger partial charge in [-0.2, -0.15) is 0 Å². The van der Waals surface area contributed by atoms with Crippen LogP contribution in [0.15, 0.2) is 24.3 Å². The van der Waals surface area contributed by atoms with Gasteiger partial charge in [0.15, 0.2) is 0 Å². The number of halogens is 1. The van der Waals surface area contributed by atoms with E-state index in [-0.39, 0.29) is 36.2 Å². The van der Waals surface area contributed by atoms with E-state index in [2.05, 4.69) is 17.6 Å². The Morgan fingerprint density at radius 2 is 2.08 bits per heavy atom. The largest absolute Gasteiger partial charge is 0.497 e. The lowest BCUT2D eigenvalue weighted by molar-refractivity contribution is -0.129. The Kier molecular flexibility index (Phi) is 7.29. The minimum Gasteiger partial charge on any atom is -0.497 e. The van der Waals surface area contributed by atoms with Crippen molar-refractivity contribution in [2.75, 3.05) is 26.7 Å². The number of benzene rings is 1. The predicted octanol–water partition coefficient (Wildman–Crippen LogP) is 1.58. The Hall–Kier alpha value is -1.79. The molecule has 0 saturated carbocycles. The van der Waals surface area contributed by atoms with Crippen molar-refractivity contribution in [2.24, 2.45) is 11.8 Å². The number of hydrogen-bond acceptors (Lipinski definition) is 4. The number of piperidine rings is 1. The van der Waals surface area contributed by atoms with Crippen molar-refractivity contribution in [3.8, 4) is 5.75 Å². The molecular formula is C19H28ClN3O3. The van der Waals surface area contributed by atoms with Crippen LogP contribution < -0.4 is 15.4 Å². The maximum absolute atomic E-state index is 12.6. The SMILES string of the molecule is COc1ccc(CN2CC(C(=O)NC3CNCCC3C)CC2=O)cc1.Cl. The molecule has 0 bridgehead atoms. The fraction of sp³-hybridized carbons (Fsp3) is 0.579. The molecule has 2 aliphatic rings. The highest BCUT2D eigenvalue weighted by Gasteiger charge is 2.35. The zero-order chi connectivity index (χ0) is 17.8. The maximum atomic E-state index is 12.6. The van der Waals surface area contributed by atoms with E-state index in [1.807, 2.05) is 24.3 Å². The van der Waals surface area contributed by atoms with E-state index >= 15 is 0 Å². The average Bonchev–Trinajstić information content (AvgIpc) is 2.98. The zero-order valence-electron chi connectivity index (χ0n) is 15.4. The number of rotatable bonds is 5. The third kappa shape index (κ3) is 4.89. The van der Waals surface area contributed by atoms with Gasteiger partial charge < -0.3 is 20.3 Å². The number of carbonyl (C=O) groups is 2. The summed E-state index contributed by atoms with van der Waals surface area (Å²) in [7, 11) is 1.63. The van der Waals surface area contributed by atoms with Crippen LogP contribution in [0.2, 0.25) is 0 Å². The van der Waals surface area contributed by atoms with Crippen molar-refractivity contribution in [2.45, 2.75) is 32.4 Å². The van der Waals surface area contributed by atoms with Gasteiger partial charge in [-0.05, 0) is 36.6 Å². The first kappa shape index (κ1) is 20.5. The summed E-state index contributed by atoms with van der Waals surface area (Å²) in [6.07, 6.45) is 1.37. The van der Waals surface area contributed by atoms with E-state index in [1.165, 1.54) is 0 Å². The Morgan fingerprint density at radius 3 is 2.73 bits per heavy atom. The second-order valence-electron chi connectivity index (χ2n) is 7.11. The van der Waals surface area contributed by atoms with Gasteiger partial charge in [0.2, 0.25) is 11.8 Å². The quantitative estimate of drug-likeness (QED) is 0.812. The lowest BCUT2D eigenvalue weighted by Gasteiger charge is -2.31. The number of methoxy groups -OCH3 is 1. The van der Waals surface area contributed by atoms with Crippen molar-refractivity contribution in [3.05, 3.63) is 29.8 Å². The summed E-state index contributed by atoms with van der Waals surface area (Å²) in [6.45, 7) is 5.01. The second-order valence-corrected chi connectivity index (χ2v) is 7.11. The number of ether oxygens (including phenoxy) is 1. The molecule has 0 spiro atoms. The summed E-state index contributed by atoms with van der Waals surface area (Å²) in [6, 6.07) is 7.84. The van der Waals surface area contributed by atoms with Gasteiger partial charge >= 0.3 is 0 Å². The minimum atomic E-state index is -0.250. The van der Waals surface area contributed by atoms with Crippen LogP contribution in [0.3, 0.4) is 0 Å². The van der Waals surface area contributed by atoms with Gasteiger partial charge in [0.1, 0.15) is 5.75 Å². The van der Waals surface area contributed by atoms with Crippen LogP contribution in [0, 0.1) is 11.8 Å². The summed E-state index contributed by atoms with van der Waals surface area (Å²) in [4.78, 5) is 26.6. The molecule has 2 aliphatic heterocycles. The molecule has 2 amide bonds. The van der Waals surface area contributed by atoms with E-state index in [1.54, 1.807) is 12.0 Å². The van der Waals surface area contributed by atoms with Gasteiger partial charge in [-0.25, -0.2) is 0 Å². The first-order valence-corrected chi connectivity index (χ1v) is 8.98. The fourth-order valence-corrected chi connectivity index (χ4v) is 3.54. The van der Waals surface area contributed by atoms with E-state index in [0.717, 1.165) is 30.8 Å². The van der Waals surface area contributed by atoms with E-state index in [4.69, 9.17) is 4.74 Å². The summed E-state index contributed by atoms with van der Waals surface area (Å²) < 4.78 is 5.15. The molecule has 2 saturated heterocycles. The van der Waals surface area contributed by atoms with Crippen molar-refractivity contribution < 1.29 is 14.3 Å². The normalized spacial score (nSPS) is 25.5. The Labute approximate surface area is 161 Å². The Bertz CT molecular complexity index is 623. The topological polar surface area (TPSA) is 70.7 Å². The van der Waals surface area contributed by atoms with Crippen LogP contribution in [-0.2, 0) is 16.1 Å². The molecule has 3 rings (SSSR count). The highest BCUT2D eigenvalue weighted by molar-refractivity contribution is 5.89. The van der Waals surface area contributed by atoms with Crippen molar-refractivity contribution in [3.63, 3.8) is 0 Å². The molecule has 3 unspecified atom stereocenters. The standard InChI is InChI=1S/C19H27N3O3.ClH/c1-13-7-8-20-10-17(13)21-19(24)15-9-18(23)22(12-15)11-14-3-5-16(25-2)6-4-14;/h3-6,13,15,17,20H,7-12H2,1-2H3,(H,21,24);1H. The number of likely N-dealkylation sites (tertiary alicyclic amines) is 1. The van der Waals surface area contributed by atoms with Gasteiger partial charge in [0.05, 0.1) is 13.0 Å². The molecule has 26 heavy (non-hydrogen) atoms. The van der Waals surface area contributed by atoms with Gasteiger partial charge in [0.25, 0.3) is 0 Å². The molecule has 1 aromatic carbocycles. The number of amides is 2. The Morgan fingerprint density at radius 1 is 1.35 bits per heavy atom. The van der Waals surface area contributed by atoms with Crippen molar-refractivity contribution >= 4 is 24.2 Å². The molecular weight excluding hydrogens is 354 g/mol. The summed E-state index contributed by atoms with van der Waals surface area (Å²) in [5.74, 6) is 1.07. The van der Waals surface area contributed by atoms with Crippen molar-refractivity contribution in [1.82, 2.24) is 15.5 Å². The lowest BCUT2D eigenvalue weighted by atomic mass is 9.94. The van der Waals surface area contributed by atoms with Crippen LogP contribution >= 0.6 is 12.4 Å². The number of hydrogen-bond donors (Lipinski definition) is 2. The van der Waals surface area contributed by atoms with Gasteiger partial charge in [-0.15, -0.1) is 12.4 Å². The zero-order valence-corrected chi connectivity index (χ0v) is 16.2. The van der Waals surface area contributed by atoms with Gasteiger partial charge in [-0.3, -0.25) is 9.59 Å². The van der Waals surface area contributed by atoms with E-state index in [9.17, 15) is 9.59 Å². The van der Waals surface area contributed by atoms with Gasteiger partial charge in [-0.1, -0.05) is 19.1 Å². The summed E-state index contributed by atoms with van der Waals surface area (Å²) in [5.41, 5.74) is 1.04. The maximum Gasteiger partial charge on any atom is 0.225 e. The van der Waals surface area contributed by atoms with E-state index in [0.29, 0.717) is 25.4 Å². The lowest BCUT2D eigenvalue weighted by Crippen LogP contribution is -2.51. The molecule has 2 fully saturated rings. The third-order valence-corrected chi connectivity index (χ3v) is 5.27. The number of nitrogens with one attached hydrogen (secondary N) is 2. The summed E-state index contributed by atoms with van der Waals surface area (Å²) >= 11 is 0. The van der Waals surface area contributed by atoms with Gasteiger partial charge in [0, 0.05) is 32.1 Å². The Balaban J connectivity index is 0.00000243. The molecule has 1 aromatic rings. The predicted molar refractivity (Wildman–Crippen MR) is 102 cm³/mol. The molecule has 2 N–H and O–H groups in total. The number of carbonyl (C=O) groups excluding carboxylic acids is 2. The molecule has 3 atom stereocenters. The fourth-order valence-electron chi connectivity index (χ4n) is 3.54. The van der Waals surface area contributed by atoms with Crippen molar-refractivity contribution in [1.29, 1.82) is 0 Å². The molecule has 2 heterocycles. The van der Waals surface area contributed by atoms with Crippen LogP contribution in [-0.4, -0.2) is 49.5 Å². The van der Waals surface area contributed by atoms with Crippen LogP contribution in [0.25, 0.3) is 0 Å². The first-order valence-electron chi connectivity index (χ1n) is 8.98. The van der Waals surface area contributed by atoms with Crippen LogP contribution in [0.4, 0.5) is 0 Å². The van der Waals surface area contributed by atoms with Crippen LogP contribution in [0.1, 0.15) is 25.3 Å². The molecule has 0 aliphatic carbocycles. The first-order chi connectivity index (χ1) is 12.1. The molecule has 144 valence electrons. The highest BCUT2D eigenvalue weighted by Crippen LogP contribution is 2.22. The monoisotopic (exact) mass is 381 g/mol. The smallest absolute Gasteiger partial charge is 0.225 e. The van der Waals surface area contributed by atoms with E-state index < -0.39 is 0 Å². The molecule has 7 heteroatoms. The third-order valence-electron chi connectivity index (χ3n) is 5.27. The molecule has 0 aromatic heterocycles. The average molecular weight is 382 g/mol. The molecule has 0 radical (unpaired) electrons.